The van der Waals surface area contributed by atoms with Crippen LogP contribution < -0.4 is 19.5 Å². The number of ether oxygens (including phenoxy) is 3. The first-order valence-electron chi connectivity index (χ1n) is 11.1. The van der Waals surface area contributed by atoms with Gasteiger partial charge in [0.2, 0.25) is 11.6 Å². The van der Waals surface area contributed by atoms with Crippen LogP contribution in [0.25, 0.3) is 33.6 Å². The molecule has 1 heterocycles. The van der Waals surface area contributed by atoms with Crippen molar-refractivity contribution in [2.24, 2.45) is 0 Å². The molecule has 0 spiro atoms. The second-order valence-corrected chi connectivity index (χ2v) is 7.90. The van der Waals surface area contributed by atoms with Gasteiger partial charge in [0, 0.05) is 11.1 Å². The van der Waals surface area contributed by atoms with E-state index >= 15 is 0 Å². The third kappa shape index (κ3) is 4.32. The molecular formula is C28H23N3O5. The lowest BCUT2D eigenvalue weighted by Crippen LogP contribution is -2.12. The van der Waals surface area contributed by atoms with E-state index in [0.717, 1.165) is 10.8 Å². The first-order valence-corrected chi connectivity index (χ1v) is 11.1. The number of aromatic nitrogens is 2. The van der Waals surface area contributed by atoms with Crippen LogP contribution in [0.3, 0.4) is 0 Å². The van der Waals surface area contributed by atoms with Crippen LogP contribution in [0.15, 0.2) is 83.4 Å². The summed E-state index contributed by atoms with van der Waals surface area (Å²) in [6.45, 7) is 0. The number of amides is 1. The van der Waals surface area contributed by atoms with E-state index < -0.39 is 0 Å². The molecule has 0 bridgehead atoms. The number of anilines is 1. The number of benzene rings is 4. The number of nitrogens with zero attached hydrogens (tertiary/aromatic N) is 2. The van der Waals surface area contributed by atoms with Crippen LogP contribution in [0, 0.1) is 0 Å². The molecule has 5 aromatic rings. The molecule has 5 rings (SSSR count). The zero-order valence-electron chi connectivity index (χ0n) is 19.9. The molecule has 0 saturated carbocycles. The van der Waals surface area contributed by atoms with Gasteiger partial charge in [-0.2, -0.15) is 4.98 Å². The van der Waals surface area contributed by atoms with E-state index in [1.54, 1.807) is 24.3 Å². The monoisotopic (exact) mass is 481 g/mol. The fourth-order valence-electron chi connectivity index (χ4n) is 3.96. The Morgan fingerprint density at radius 3 is 2.22 bits per heavy atom. The number of para-hydroxylation sites is 1. The van der Waals surface area contributed by atoms with Gasteiger partial charge >= 0.3 is 0 Å². The summed E-state index contributed by atoms with van der Waals surface area (Å²) < 4.78 is 21.8. The molecule has 0 aliphatic rings. The molecule has 4 aromatic carbocycles. The fraction of sp³-hybridized carbons (Fsp3) is 0.107. The molecule has 1 N–H and O–H groups in total. The van der Waals surface area contributed by atoms with Crippen molar-refractivity contribution in [3.05, 3.63) is 84.4 Å². The Morgan fingerprint density at radius 2 is 1.50 bits per heavy atom. The zero-order valence-corrected chi connectivity index (χ0v) is 19.9. The Morgan fingerprint density at radius 1 is 0.806 bits per heavy atom. The summed E-state index contributed by atoms with van der Waals surface area (Å²) in [4.78, 5) is 17.6. The lowest BCUT2D eigenvalue weighted by Gasteiger charge is -2.12. The SMILES string of the molecule is COc1cc(-c2noc(-c3ccccc3NC(=O)c3ccc4ccccc4c3)n2)cc(OC)c1OC. The maximum Gasteiger partial charge on any atom is 0.260 e. The third-order valence-electron chi connectivity index (χ3n) is 5.77. The highest BCUT2D eigenvalue weighted by Gasteiger charge is 2.19. The summed E-state index contributed by atoms with van der Waals surface area (Å²) >= 11 is 0. The highest BCUT2D eigenvalue weighted by atomic mass is 16.5. The Kier molecular flexibility index (Phi) is 6.23. The van der Waals surface area contributed by atoms with E-state index in [0.29, 0.717) is 45.5 Å². The van der Waals surface area contributed by atoms with Crippen molar-refractivity contribution in [2.75, 3.05) is 26.6 Å². The van der Waals surface area contributed by atoms with Crippen molar-refractivity contribution in [1.29, 1.82) is 0 Å². The number of nitrogens with one attached hydrogen (secondary N) is 1. The standard InChI is InChI=1S/C28H23N3O5/c1-33-23-15-20(16-24(34-2)25(23)35-3)26-30-28(36-31-26)21-10-6-7-11-22(21)29-27(32)19-13-12-17-8-4-5-9-18(17)14-19/h4-16H,1-3H3,(H,29,32). The van der Waals surface area contributed by atoms with Crippen molar-refractivity contribution < 1.29 is 23.5 Å². The molecule has 8 nitrogen and oxygen atoms in total. The van der Waals surface area contributed by atoms with E-state index in [9.17, 15) is 4.79 Å². The van der Waals surface area contributed by atoms with Gasteiger partial charge in [-0.15, -0.1) is 0 Å². The molecular weight excluding hydrogens is 458 g/mol. The highest BCUT2D eigenvalue weighted by Crippen LogP contribution is 2.41. The van der Waals surface area contributed by atoms with Gasteiger partial charge in [0.25, 0.3) is 11.8 Å². The van der Waals surface area contributed by atoms with Gasteiger partial charge in [-0.3, -0.25) is 4.79 Å². The van der Waals surface area contributed by atoms with Crippen LogP contribution in [0.4, 0.5) is 5.69 Å². The summed E-state index contributed by atoms with van der Waals surface area (Å²) in [5, 5.41) is 9.16. The smallest absolute Gasteiger partial charge is 0.260 e. The molecule has 8 heteroatoms. The lowest BCUT2D eigenvalue weighted by molar-refractivity contribution is 0.102. The number of fused-ring (bicyclic) bond motifs is 1. The van der Waals surface area contributed by atoms with Gasteiger partial charge in [-0.25, -0.2) is 0 Å². The summed E-state index contributed by atoms with van der Waals surface area (Å²) in [5.41, 5.74) is 2.32. The maximum absolute atomic E-state index is 13.1. The molecule has 0 unspecified atom stereocenters. The van der Waals surface area contributed by atoms with E-state index in [4.69, 9.17) is 18.7 Å². The lowest BCUT2D eigenvalue weighted by atomic mass is 10.1. The number of methoxy groups -OCH3 is 3. The van der Waals surface area contributed by atoms with Crippen molar-refractivity contribution in [3.63, 3.8) is 0 Å². The van der Waals surface area contributed by atoms with Crippen molar-refractivity contribution >= 4 is 22.4 Å². The van der Waals surface area contributed by atoms with E-state index in [1.165, 1.54) is 21.3 Å². The fourth-order valence-corrected chi connectivity index (χ4v) is 3.96. The van der Waals surface area contributed by atoms with Crippen LogP contribution in [0.5, 0.6) is 17.2 Å². The number of hydrogen-bond donors (Lipinski definition) is 1. The van der Waals surface area contributed by atoms with E-state index in [-0.39, 0.29) is 11.8 Å². The van der Waals surface area contributed by atoms with Gasteiger partial charge in [0.05, 0.1) is 32.6 Å². The normalized spacial score (nSPS) is 10.8. The topological polar surface area (TPSA) is 95.7 Å². The minimum Gasteiger partial charge on any atom is -0.493 e. The van der Waals surface area contributed by atoms with Crippen LogP contribution >= 0.6 is 0 Å². The largest absolute Gasteiger partial charge is 0.493 e. The predicted molar refractivity (Wildman–Crippen MR) is 137 cm³/mol. The summed E-state index contributed by atoms with van der Waals surface area (Å²) in [6.07, 6.45) is 0. The molecule has 1 amide bonds. The van der Waals surface area contributed by atoms with Gasteiger partial charge in [0.15, 0.2) is 11.5 Å². The Bertz CT molecular complexity index is 1540. The number of hydrogen-bond acceptors (Lipinski definition) is 7. The average molecular weight is 482 g/mol. The molecule has 1 aromatic heterocycles. The van der Waals surface area contributed by atoms with Crippen LogP contribution in [0.1, 0.15) is 10.4 Å². The predicted octanol–water partition coefficient (Wildman–Crippen LogP) is 5.83. The zero-order chi connectivity index (χ0) is 25.1. The Labute approximate surface area is 207 Å². The van der Waals surface area contributed by atoms with Gasteiger partial charge in [0.1, 0.15) is 0 Å². The van der Waals surface area contributed by atoms with Gasteiger partial charge < -0.3 is 24.1 Å². The molecule has 36 heavy (non-hydrogen) atoms. The van der Waals surface area contributed by atoms with E-state index in [2.05, 4.69) is 15.5 Å². The molecule has 0 fully saturated rings. The van der Waals surface area contributed by atoms with Gasteiger partial charge in [-0.05, 0) is 47.2 Å². The third-order valence-corrected chi connectivity index (χ3v) is 5.77. The van der Waals surface area contributed by atoms with Crippen LogP contribution in [-0.4, -0.2) is 37.4 Å². The summed E-state index contributed by atoms with van der Waals surface area (Å²) in [5.74, 6) is 1.77. The second-order valence-electron chi connectivity index (χ2n) is 7.90. The molecule has 0 atom stereocenters. The van der Waals surface area contributed by atoms with Gasteiger partial charge in [-0.1, -0.05) is 47.6 Å². The number of carbonyl (C=O) groups is 1. The molecule has 0 saturated heterocycles. The molecule has 0 aliphatic heterocycles. The second kappa shape index (κ2) is 9.79. The van der Waals surface area contributed by atoms with Crippen LogP contribution in [0.2, 0.25) is 0 Å². The number of rotatable bonds is 7. The minimum atomic E-state index is -0.238. The quantitative estimate of drug-likeness (QED) is 0.312. The Hall–Kier alpha value is -4.85. The Balaban J connectivity index is 1.45. The minimum absolute atomic E-state index is 0.238. The van der Waals surface area contributed by atoms with Crippen molar-refractivity contribution in [1.82, 2.24) is 10.1 Å². The highest BCUT2D eigenvalue weighted by molar-refractivity contribution is 6.07. The average Bonchev–Trinajstić information content (AvgIpc) is 3.42. The summed E-state index contributed by atoms with van der Waals surface area (Å²) in [7, 11) is 4.62. The first kappa shape index (κ1) is 22.9. The van der Waals surface area contributed by atoms with Crippen molar-refractivity contribution in [3.8, 4) is 40.1 Å². The summed E-state index contributed by atoms with van der Waals surface area (Å²) in [6, 6.07) is 24.2. The number of carbonyl (C=O) groups excluding carboxylic acids is 1. The maximum atomic E-state index is 13.1. The molecule has 0 aliphatic carbocycles. The molecule has 0 radical (unpaired) electrons. The first-order chi connectivity index (χ1) is 17.6. The van der Waals surface area contributed by atoms with Crippen molar-refractivity contribution in [2.45, 2.75) is 0 Å². The molecule has 180 valence electrons. The van der Waals surface area contributed by atoms with E-state index in [1.807, 2.05) is 54.6 Å². The van der Waals surface area contributed by atoms with Crippen LogP contribution in [-0.2, 0) is 0 Å².